The van der Waals surface area contributed by atoms with Crippen molar-refractivity contribution < 1.29 is 0 Å². The summed E-state index contributed by atoms with van der Waals surface area (Å²) in [4.78, 5) is 0. The highest BCUT2D eigenvalue weighted by Gasteiger charge is 2.29. The van der Waals surface area contributed by atoms with Gasteiger partial charge in [0.05, 0.1) is 0 Å². The van der Waals surface area contributed by atoms with Gasteiger partial charge in [0.1, 0.15) is 0 Å². The number of benzene rings is 2. The van der Waals surface area contributed by atoms with Gasteiger partial charge in [-0.2, -0.15) is 11.8 Å². The van der Waals surface area contributed by atoms with Gasteiger partial charge in [-0.25, -0.2) is 0 Å². The maximum atomic E-state index is 3.72. The molecule has 0 aromatic heterocycles. The second kappa shape index (κ2) is 39.3. The molecule has 0 saturated heterocycles. The van der Waals surface area contributed by atoms with Crippen molar-refractivity contribution in [3.63, 3.8) is 0 Å². The van der Waals surface area contributed by atoms with E-state index in [0.717, 1.165) is 22.3 Å². The Morgan fingerprint density at radius 1 is 0.322 bits per heavy atom. The molecule has 340 valence electrons. The molecule has 0 fully saturated rings. The van der Waals surface area contributed by atoms with Crippen molar-refractivity contribution in [1.82, 2.24) is 0 Å². The van der Waals surface area contributed by atoms with Gasteiger partial charge >= 0.3 is 0 Å². The monoisotopic (exact) mass is 959 g/mol. The molecule has 0 bridgehead atoms. The van der Waals surface area contributed by atoms with E-state index in [1.165, 1.54) is 251 Å². The fourth-order valence-corrected chi connectivity index (χ4v) is 11.9. The first-order valence-electron chi connectivity index (χ1n) is 26.1. The average molecular weight is 961 g/mol. The molecule has 0 saturated carbocycles. The SMILES string of the molecule is CCCCCCCCCCC(CCCCCCCC)C(CCc1ccc(Br)cc1)SC(CCc1ccc(Br)cc1)C(CCCCCCCC)CCCCCCCCCC. The van der Waals surface area contributed by atoms with Crippen molar-refractivity contribution in [2.24, 2.45) is 11.8 Å². The van der Waals surface area contributed by atoms with E-state index >= 15 is 0 Å². The standard InChI is InChI=1S/C56H96Br2S/c1-5-9-13-17-21-23-27-31-35-51(33-29-25-19-15-11-7-3)55(47-41-49-37-43-53(57)44-38-49)59-56(48-42-50-39-45-54(58)46-40-50)52(34-30-26-20-16-12-8-4)36-32-28-24-22-18-14-10-6-2/h37-40,43-46,51-52,55-56H,5-36,41-42,47-48H2,1-4H3. The summed E-state index contributed by atoms with van der Waals surface area (Å²) in [5, 5.41) is 1.50. The minimum atomic E-state index is 0.749. The Hall–Kier alpha value is -0.250. The van der Waals surface area contributed by atoms with E-state index in [9.17, 15) is 0 Å². The maximum Gasteiger partial charge on any atom is 0.0175 e. The Labute approximate surface area is 390 Å². The van der Waals surface area contributed by atoms with Crippen molar-refractivity contribution in [2.75, 3.05) is 0 Å². The maximum absolute atomic E-state index is 3.72. The van der Waals surface area contributed by atoms with E-state index in [-0.39, 0.29) is 0 Å². The molecule has 0 spiro atoms. The molecule has 0 N–H and O–H groups in total. The first kappa shape index (κ1) is 54.9. The molecule has 0 aliphatic rings. The van der Waals surface area contributed by atoms with E-state index in [0.29, 0.717) is 0 Å². The third-order valence-electron chi connectivity index (χ3n) is 13.4. The van der Waals surface area contributed by atoms with Crippen LogP contribution in [0.1, 0.15) is 257 Å². The summed E-state index contributed by atoms with van der Waals surface area (Å²) in [5.41, 5.74) is 3.05. The van der Waals surface area contributed by atoms with Crippen LogP contribution in [0.15, 0.2) is 57.5 Å². The molecule has 0 aliphatic heterocycles. The smallest absolute Gasteiger partial charge is 0.0175 e. The Bertz CT molecular complexity index is 1070. The van der Waals surface area contributed by atoms with Crippen LogP contribution in [0.2, 0.25) is 0 Å². The topological polar surface area (TPSA) is 0 Å². The van der Waals surface area contributed by atoms with Crippen molar-refractivity contribution in [1.29, 1.82) is 0 Å². The number of rotatable bonds is 42. The van der Waals surface area contributed by atoms with Crippen molar-refractivity contribution in [2.45, 2.75) is 269 Å². The van der Waals surface area contributed by atoms with Crippen molar-refractivity contribution in [3.8, 4) is 0 Å². The number of thioether (sulfide) groups is 1. The van der Waals surface area contributed by atoms with Crippen LogP contribution >= 0.6 is 43.6 Å². The zero-order chi connectivity index (χ0) is 42.4. The van der Waals surface area contributed by atoms with Crippen LogP contribution in [0.4, 0.5) is 0 Å². The highest BCUT2D eigenvalue weighted by molar-refractivity contribution is 9.10. The number of hydrogen-bond acceptors (Lipinski definition) is 1. The lowest BCUT2D eigenvalue weighted by Gasteiger charge is -2.35. The molecule has 0 amide bonds. The molecule has 0 radical (unpaired) electrons. The zero-order valence-corrected chi connectivity index (χ0v) is 43.5. The quantitative estimate of drug-likeness (QED) is 0.0598. The molecule has 0 aliphatic carbocycles. The Morgan fingerprint density at radius 2 is 0.559 bits per heavy atom. The summed E-state index contributed by atoms with van der Waals surface area (Å²) in [5.74, 6) is 1.68. The molecule has 2 rings (SSSR count). The normalized spacial score (nSPS) is 13.8. The highest BCUT2D eigenvalue weighted by atomic mass is 79.9. The van der Waals surface area contributed by atoms with Gasteiger partial charge in [0.25, 0.3) is 0 Å². The van der Waals surface area contributed by atoms with E-state index in [4.69, 9.17) is 0 Å². The van der Waals surface area contributed by atoms with Gasteiger partial charge in [-0.15, -0.1) is 0 Å². The highest BCUT2D eigenvalue weighted by Crippen LogP contribution is 2.41. The van der Waals surface area contributed by atoms with E-state index in [1.807, 2.05) is 0 Å². The third kappa shape index (κ3) is 29.7. The van der Waals surface area contributed by atoms with Gasteiger partial charge in [-0.1, -0.05) is 264 Å². The van der Waals surface area contributed by atoms with E-state index in [1.54, 1.807) is 0 Å². The van der Waals surface area contributed by atoms with Crippen LogP contribution < -0.4 is 0 Å². The lowest BCUT2D eigenvalue weighted by molar-refractivity contribution is 0.365. The second-order valence-electron chi connectivity index (χ2n) is 18.7. The number of halogens is 2. The van der Waals surface area contributed by atoms with Gasteiger partial charge < -0.3 is 0 Å². The minimum absolute atomic E-state index is 0.749. The second-order valence-corrected chi connectivity index (χ2v) is 22.0. The predicted octanol–water partition coefficient (Wildman–Crippen LogP) is 21.0. The first-order valence-corrected chi connectivity index (χ1v) is 28.7. The largest absolute Gasteiger partial charge is 0.155 e. The molecule has 2 aromatic carbocycles. The molecule has 4 atom stereocenters. The van der Waals surface area contributed by atoms with Crippen LogP contribution in [0.5, 0.6) is 0 Å². The van der Waals surface area contributed by atoms with Gasteiger partial charge in [-0.3, -0.25) is 0 Å². The lowest BCUT2D eigenvalue weighted by atomic mass is 9.88. The summed E-state index contributed by atoms with van der Waals surface area (Å²) in [6.45, 7) is 9.39. The molecular formula is C56H96Br2S. The van der Waals surface area contributed by atoms with Crippen molar-refractivity contribution in [3.05, 3.63) is 68.6 Å². The molecule has 4 unspecified atom stereocenters. The first-order chi connectivity index (χ1) is 29.0. The summed E-state index contributed by atoms with van der Waals surface area (Å²) in [6, 6.07) is 18.6. The lowest BCUT2D eigenvalue weighted by Crippen LogP contribution is -2.27. The summed E-state index contributed by atoms with van der Waals surface area (Å²) in [6.07, 6.45) is 50.7. The zero-order valence-electron chi connectivity index (χ0n) is 39.5. The summed E-state index contributed by atoms with van der Waals surface area (Å²) >= 11 is 9.98. The van der Waals surface area contributed by atoms with Gasteiger partial charge in [-0.05, 0) is 98.6 Å². The molecule has 3 heteroatoms. The Morgan fingerprint density at radius 3 is 0.814 bits per heavy atom. The van der Waals surface area contributed by atoms with Crippen LogP contribution in [0.25, 0.3) is 0 Å². The molecule has 2 aromatic rings. The number of unbranched alkanes of at least 4 members (excludes halogenated alkanes) is 24. The Kier molecular flexibility index (Phi) is 36.6. The third-order valence-corrected chi connectivity index (χ3v) is 16.4. The van der Waals surface area contributed by atoms with Crippen LogP contribution in [-0.4, -0.2) is 10.5 Å². The van der Waals surface area contributed by atoms with Crippen LogP contribution in [0.3, 0.4) is 0 Å². The summed E-state index contributed by atoms with van der Waals surface area (Å²) < 4.78 is 2.41. The van der Waals surface area contributed by atoms with Gasteiger partial charge in [0.15, 0.2) is 0 Å². The Balaban J connectivity index is 2.37. The average Bonchev–Trinajstić information content (AvgIpc) is 3.24. The molecule has 59 heavy (non-hydrogen) atoms. The van der Waals surface area contributed by atoms with Crippen LogP contribution in [-0.2, 0) is 12.8 Å². The van der Waals surface area contributed by atoms with Gasteiger partial charge in [0.2, 0.25) is 0 Å². The predicted molar refractivity (Wildman–Crippen MR) is 278 cm³/mol. The van der Waals surface area contributed by atoms with Gasteiger partial charge in [0, 0.05) is 19.4 Å². The van der Waals surface area contributed by atoms with Crippen LogP contribution in [0, 0.1) is 11.8 Å². The van der Waals surface area contributed by atoms with E-state index in [2.05, 4.69) is 120 Å². The fourth-order valence-electron chi connectivity index (χ4n) is 9.46. The molecule has 0 nitrogen and oxygen atoms in total. The molecule has 0 heterocycles. The fraction of sp³-hybridized carbons (Fsp3) is 0.786. The van der Waals surface area contributed by atoms with E-state index < -0.39 is 0 Å². The summed E-state index contributed by atoms with van der Waals surface area (Å²) in [7, 11) is 0. The van der Waals surface area contributed by atoms with Crippen molar-refractivity contribution >= 4 is 43.6 Å². The molecular weight excluding hydrogens is 864 g/mol. The minimum Gasteiger partial charge on any atom is -0.155 e. The number of aryl methyl sites for hydroxylation is 2. The number of hydrogen-bond donors (Lipinski definition) is 0.